The number of carbonyl (C=O) groups is 1. The van der Waals surface area contributed by atoms with Crippen LogP contribution in [0, 0.1) is 5.92 Å². The Bertz CT molecular complexity index is 493. The van der Waals surface area contributed by atoms with Crippen LogP contribution in [-0.2, 0) is 0 Å². The smallest absolute Gasteiger partial charge is 0.265 e. The SMILES string of the molecule is CC(CCO)CNC(=O)c1sc(N2CCC(N)C2)nc1N. The maximum Gasteiger partial charge on any atom is 0.265 e. The zero-order valence-electron chi connectivity index (χ0n) is 12.2. The van der Waals surface area contributed by atoms with Crippen molar-refractivity contribution in [2.24, 2.45) is 11.7 Å². The molecule has 0 aromatic carbocycles. The fourth-order valence-electron chi connectivity index (χ4n) is 2.25. The molecule has 1 fully saturated rings. The van der Waals surface area contributed by atoms with E-state index in [0.29, 0.717) is 17.8 Å². The first kappa shape index (κ1) is 16.0. The molecule has 0 bridgehead atoms. The fraction of sp³-hybridized carbons (Fsp3) is 0.692. The summed E-state index contributed by atoms with van der Waals surface area (Å²) >= 11 is 1.30. The number of hydrogen-bond donors (Lipinski definition) is 4. The molecule has 1 aliphatic heterocycles. The molecule has 7 nitrogen and oxygen atoms in total. The first-order valence-corrected chi connectivity index (χ1v) is 7.98. The maximum atomic E-state index is 12.1. The van der Waals surface area contributed by atoms with Crippen molar-refractivity contribution in [3.8, 4) is 0 Å². The number of aliphatic hydroxyl groups excluding tert-OH is 1. The number of amides is 1. The molecule has 0 spiro atoms. The Kier molecular flexibility index (Phi) is 5.38. The first-order valence-electron chi connectivity index (χ1n) is 7.17. The van der Waals surface area contributed by atoms with Crippen LogP contribution in [0.5, 0.6) is 0 Å². The highest BCUT2D eigenvalue weighted by Gasteiger charge is 2.24. The molecule has 8 heteroatoms. The summed E-state index contributed by atoms with van der Waals surface area (Å²) in [5.41, 5.74) is 11.7. The largest absolute Gasteiger partial charge is 0.396 e. The van der Waals surface area contributed by atoms with Crippen LogP contribution in [0.2, 0.25) is 0 Å². The van der Waals surface area contributed by atoms with E-state index in [4.69, 9.17) is 16.6 Å². The lowest BCUT2D eigenvalue weighted by atomic mass is 10.1. The molecular weight excluding hydrogens is 290 g/mol. The van der Waals surface area contributed by atoms with Crippen molar-refractivity contribution >= 4 is 28.2 Å². The van der Waals surface area contributed by atoms with Crippen molar-refractivity contribution in [1.29, 1.82) is 0 Å². The van der Waals surface area contributed by atoms with Gasteiger partial charge in [0.1, 0.15) is 10.7 Å². The van der Waals surface area contributed by atoms with Gasteiger partial charge in [0, 0.05) is 32.3 Å². The van der Waals surface area contributed by atoms with Crippen molar-refractivity contribution in [1.82, 2.24) is 10.3 Å². The summed E-state index contributed by atoms with van der Waals surface area (Å²) in [6.45, 7) is 4.22. The summed E-state index contributed by atoms with van der Waals surface area (Å²) in [5, 5.41) is 12.4. The van der Waals surface area contributed by atoms with E-state index >= 15 is 0 Å². The minimum absolute atomic E-state index is 0.124. The number of nitrogen functional groups attached to an aromatic ring is 1. The third-order valence-corrected chi connectivity index (χ3v) is 4.71. The lowest BCUT2D eigenvalue weighted by Crippen LogP contribution is -2.28. The number of nitrogens with two attached hydrogens (primary N) is 2. The number of nitrogens with one attached hydrogen (secondary N) is 1. The third-order valence-electron chi connectivity index (χ3n) is 3.58. The Hall–Kier alpha value is -1.38. The molecule has 6 N–H and O–H groups in total. The number of thiazole rings is 1. The van der Waals surface area contributed by atoms with E-state index < -0.39 is 0 Å². The monoisotopic (exact) mass is 313 g/mol. The van der Waals surface area contributed by atoms with E-state index in [-0.39, 0.29) is 30.3 Å². The summed E-state index contributed by atoms with van der Waals surface area (Å²) in [6, 6.07) is 0.159. The molecule has 1 aromatic heterocycles. The minimum atomic E-state index is -0.204. The van der Waals surface area contributed by atoms with Crippen LogP contribution in [0.3, 0.4) is 0 Å². The van der Waals surface area contributed by atoms with E-state index in [1.807, 2.05) is 6.92 Å². The molecule has 1 aliphatic rings. The molecule has 2 unspecified atom stereocenters. The van der Waals surface area contributed by atoms with Crippen molar-refractivity contribution < 1.29 is 9.90 Å². The van der Waals surface area contributed by atoms with E-state index in [9.17, 15) is 4.79 Å². The van der Waals surface area contributed by atoms with Gasteiger partial charge in [-0.1, -0.05) is 18.3 Å². The van der Waals surface area contributed by atoms with Gasteiger partial charge >= 0.3 is 0 Å². The maximum absolute atomic E-state index is 12.1. The number of carbonyl (C=O) groups excluding carboxylic acids is 1. The van der Waals surface area contributed by atoms with Crippen molar-refractivity contribution in [3.63, 3.8) is 0 Å². The molecule has 118 valence electrons. The van der Waals surface area contributed by atoms with E-state index in [1.165, 1.54) is 11.3 Å². The van der Waals surface area contributed by atoms with Gasteiger partial charge in [0.2, 0.25) is 0 Å². The van der Waals surface area contributed by atoms with Gasteiger partial charge in [0.15, 0.2) is 5.13 Å². The molecule has 1 aromatic rings. The topological polar surface area (TPSA) is 118 Å². The summed E-state index contributed by atoms with van der Waals surface area (Å²) in [7, 11) is 0. The molecule has 2 rings (SSSR count). The van der Waals surface area contributed by atoms with Gasteiger partial charge in [-0.15, -0.1) is 0 Å². The number of aromatic nitrogens is 1. The Morgan fingerprint density at radius 2 is 2.43 bits per heavy atom. The molecule has 1 amide bonds. The van der Waals surface area contributed by atoms with Gasteiger partial charge < -0.3 is 26.8 Å². The van der Waals surface area contributed by atoms with Gasteiger partial charge in [-0.2, -0.15) is 0 Å². The van der Waals surface area contributed by atoms with Gasteiger partial charge in [0.05, 0.1) is 0 Å². The van der Waals surface area contributed by atoms with E-state index in [2.05, 4.69) is 15.2 Å². The number of aliphatic hydroxyl groups is 1. The normalized spacial score (nSPS) is 19.8. The summed E-state index contributed by atoms with van der Waals surface area (Å²) in [4.78, 5) is 18.9. The summed E-state index contributed by atoms with van der Waals surface area (Å²) in [6.07, 6.45) is 1.59. The Morgan fingerprint density at radius 3 is 3.05 bits per heavy atom. The predicted molar refractivity (Wildman–Crippen MR) is 84.5 cm³/mol. The van der Waals surface area contributed by atoms with Crippen molar-refractivity contribution in [2.75, 3.05) is 36.9 Å². The average Bonchev–Trinajstić information content (AvgIpc) is 3.02. The number of nitrogens with zero attached hydrogens (tertiary/aromatic N) is 2. The summed E-state index contributed by atoms with van der Waals surface area (Å²) in [5.74, 6) is 0.288. The number of rotatable bonds is 6. The number of hydrogen-bond acceptors (Lipinski definition) is 7. The van der Waals surface area contributed by atoms with Crippen LogP contribution >= 0.6 is 11.3 Å². The second-order valence-electron chi connectivity index (χ2n) is 5.53. The van der Waals surface area contributed by atoms with Crippen LogP contribution in [-0.4, -0.2) is 48.3 Å². The quantitative estimate of drug-likeness (QED) is 0.588. The first-order chi connectivity index (χ1) is 10.0. The second-order valence-corrected chi connectivity index (χ2v) is 6.51. The molecule has 21 heavy (non-hydrogen) atoms. The molecule has 0 radical (unpaired) electrons. The van der Waals surface area contributed by atoms with Crippen LogP contribution in [0.15, 0.2) is 0 Å². The standard InChI is InChI=1S/C13H23N5O2S/c1-8(3-5-19)6-16-12(20)10-11(15)17-13(21-10)18-4-2-9(14)7-18/h8-9,19H,2-7,14-15H2,1H3,(H,16,20). The summed E-state index contributed by atoms with van der Waals surface area (Å²) < 4.78 is 0. The fourth-order valence-corrected chi connectivity index (χ4v) is 3.19. The molecular formula is C13H23N5O2S. The lowest BCUT2D eigenvalue weighted by molar-refractivity contribution is 0.0950. The van der Waals surface area contributed by atoms with Gasteiger partial charge in [-0.05, 0) is 18.8 Å². The third kappa shape index (κ3) is 4.05. The highest BCUT2D eigenvalue weighted by Crippen LogP contribution is 2.30. The van der Waals surface area contributed by atoms with Gasteiger partial charge in [-0.3, -0.25) is 4.79 Å². The molecule has 0 aliphatic carbocycles. The second kappa shape index (κ2) is 7.06. The van der Waals surface area contributed by atoms with E-state index in [0.717, 1.165) is 24.6 Å². The van der Waals surface area contributed by atoms with Crippen molar-refractivity contribution in [2.45, 2.75) is 25.8 Å². The Labute approximate surface area is 128 Å². The molecule has 0 saturated carbocycles. The molecule has 2 heterocycles. The lowest BCUT2D eigenvalue weighted by Gasteiger charge is -2.13. The zero-order chi connectivity index (χ0) is 15.4. The minimum Gasteiger partial charge on any atom is -0.396 e. The Morgan fingerprint density at radius 1 is 1.67 bits per heavy atom. The molecule has 1 saturated heterocycles. The number of anilines is 2. The van der Waals surface area contributed by atoms with E-state index in [1.54, 1.807) is 0 Å². The van der Waals surface area contributed by atoms with Crippen LogP contribution in [0.4, 0.5) is 10.9 Å². The van der Waals surface area contributed by atoms with Gasteiger partial charge in [-0.25, -0.2) is 4.98 Å². The van der Waals surface area contributed by atoms with Crippen molar-refractivity contribution in [3.05, 3.63) is 4.88 Å². The van der Waals surface area contributed by atoms with Gasteiger partial charge in [0.25, 0.3) is 5.91 Å². The zero-order valence-corrected chi connectivity index (χ0v) is 13.0. The Balaban J connectivity index is 1.96. The average molecular weight is 313 g/mol. The van der Waals surface area contributed by atoms with Crippen LogP contribution < -0.4 is 21.7 Å². The molecule has 2 atom stereocenters. The predicted octanol–water partition coefficient (Wildman–Crippen LogP) is 0.0110. The highest BCUT2D eigenvalue weighted by atomic mass is 32.1. The highest BCUT2D eigenvalue weighted by molar-refractivity contribution is 7.18. The van der Waals surface area contributed by atoms with Crippen LogP contribution in [0.25, 0.3) is 0 Å². The van der Waals surface area contributed by atoms with Crippen LogP contribution in [0.1, 0.15) is 29.4 Å².